The number of imidazole rings is 1. The molecule has 0 atom stereocenters. The molecule has 1 N–H and O–H groups in total. The summed E-state index contributed by atoms with van der Waals surface area (Å²) in [4.78, 5) is 21.0. The van der Waals surface area contributed by atoms with E-state index < -0.39 is 0 Å². The fourth-order valence-electron chi connectivity index (χ4n) is 3.24. The molecular formula is C23H22N4O2. The van der Waals surface area contributed by atoms with Crippen LogP contribution in [0.3, 0.4) is 0 Å². The van der Waals surface area contributed by atoms with E-state index in [9.17, 15) is 4.79 Å². The van der Waals surface area contributed by atoms with Gasteiger partial charge in [0.1, 0.15) is 18.2 Å². The third-order valence-corrected chi connectivity index (χ3v) is 4.75. The van der Waals surface area contributed by atoms with Gasteiger partial charge in [0.05, 0.1) is 24.1 Å². The normalized spacial score (nSPS) is 10.8. The molecule has 0 aliphatic heterocycles. The number of rotatable bonds is 7. The van der Waals surface area contributed by atoms with Crippen LogP contribution >= 0.6 is 0 Å². The van der Waals surface area contributed by atoms with Gasteiger partial charge in [-0.3, -0.25) is 9.78 Å². The molecule has 6 heteroatoms. The summed E-state index contributed by atoms with van der Waals surface area (Å²) in [6.07, 6.45) is 3.21. The number of hydrogen-bond acceptors (Lipinski definition) is 4. The first kappa shape index (κ1) is 18.7. The van der Waals surface area contributed by atoms with E-state index in [0.29, 0.717) is 25.3 Å². The van der Waals surface area contributed by atoms with E-state index in [2.05, 4.69) is 14.9 Å². The molecule has 0 radical (unpaired) electrons. The summed E-state index contributed by atoms with van der Waals surface area (Å²) in [7, 11) is 0. The zero-order chi connectivity index (χ0) is 20.1. The lowest BCUT2D eigenvalue weighted by Gasteiger charge is -2.12. The van der Waals surface area contributed by atoms with Crippen LogP contribution in [-0.2, 0) is 13.1 Å². The topological polar surface area (TPSA) is 69.0 Å². The zero-order valence-corrected chi connectivity index (χ0v) is 16.2. The van der Waals surface area contributed by atoms with Crippen LogP contribution in [0.5, 0.6) is 5.75 Å². The molecule has 0 bridgehead atoms. The minimum atomic E-state index is -0.151. The van der Waals surface area contributed by atoms with Gasteiger partial charge in [-0.05, 0) is 42.8 Å². The fraction of sp³-hybridized carbons (Fsp3) is 0.174. The Bertz CT molecular complexity index is 1120. The predicted molar refractivity (Wildman–Crippen MR) is 112 cm³/mol. The van der Waals surface area contributed by atoms with Crippen LogP contribution in [0.4, 0.5) is 0 Å². The van der Waals surface area contributed by atoms with Gasteiger partial charge >= 0.3 is 0 Å². The first-order valence-electron chi connectivity index (χ1n) is 9.53. The molecule has 146 valence electrons. The molecule has 4 aromatic rings. The monoisotopic (exact) mass is 386 g/mol. The summed E-state index contributed by atoms with van der Waals surface area (Å²) in [6, 6.07) is 19.3. The second-order valence-corrected chi connectivity index (χ2v) is 6.70. The van der Waals surface area contributed by atoms with Gasteiger partial charge in [-0.15, -0.1) is 0 Å². The van der Waals surface area contributed by atoms with Crippen LogP contribution in [0.25, 0.3) is 11.0 Å². The van der Waals surface area contributed by atoms with Gasteiger partial charge in [-0.2, -0.15) is 0 Å². The lowest BCUT2D eigenvalue weighted by atomic mass is 10.2. The number of para-hydroxylation sites is 3. The number of amides is 1. The van der Waals surface area contributed by atoms with Crippen molar-refractivity contribution >= 4 is 16.9 Å². The smallest absolute Gasteiger partial charge is 0.251 e. The van der Waals surface area contributed by atoms with E-state index in [4.69, 9.17) is 9.72 Å². The maximum Gasteiger partial charge on any atom is 0.251 e. The fourth-order valence-corrected chi connectivity index (χ4v) is 3.24. The number of fused-ring (bicyclic) bond motifs is 1. The summed E-state index contributed by atoms with van der Waals surface area (Å²) in [5.41, 5.74) is 3.60. The summed E-state index contributed by atoms with van der Waals surface area (Å²) in [5, 5.41) is 2.94. The Labute approximate surface area is 169 Å². The van der Waals surface area contributed by atoms with Gasteiger partial charge < -0.3 is 14.6 Å². The summed E-state index contributed by atoms with van der Waals surface area (Å²) < 4.78 is 8.06. The van der Waals surface area contributed by atoms with Gasteiger partial charge in [-0.25, -0.2) is 4.98 Å². The van der Waals surface area contributed by atoms with Gasteiger partial charge in [0.25, 0.3) is 5.91 Å². The van der Waals surface area contributed by atoms with Crippen LogP contribution in [0.2, 0.25) is 0 Å². The zero-order valence-electron chi connectivity index (χ0n) is 16.2. The van der Waals surface area contributed by atoms with Crippen molar-refractivity contribution in [3.8, 4) is 5.75 Å². The number of aryl methyl sites for hydroxylation is 1. The number of carbonyl (C=O) groups is 1. The SMILES string of the molecule is Cc1ccccc1OCCn1c(CNC(=O)c2ccncc2)nc2ccccc21. The van der Waals surface area contributed by atoms with E-state index in [0.717, 1.165) is 28.2 Å². The molecule has 0 aliphatic carbocycles. The van der Waals surface area contributed by atoms with Gasteiger partial charge in [0.15, 0.2) is 0 Å². The minimum absolute atomic E-state index is 0.151. The van der Waals surface area contributed by atoms with Gasteiger partial charge in [0.2, 0.25) is 0 Å². The lowest BCUT2D eigenvalue weighted by Crippen LogP contribution is -2.25. The van der Waals surface area contributed by atoms with Crippen molar-refractivity contribution in [1.82, 2.24) is 19.9 Å². The predicted octanol–water partition coefficient (Wildman–Crippen LogP) is 3.75. The molecule has 0 saturated carbocycles. The number of ether oxygens (including phenoxy) is 1. The lowest BCUT2D eigenvalue weighted by molar-refractivity contribution is 0.0949. The first-order chi connectivity index (χ1) is 14.2. The quantitative estimate of drug-likeness (QED) is 0.525. The summed E-state index contributed by atoms with van der Waals surface area (Å²) in [5.74, 6) is 1.52. The van der Waals surface area contributed by atoms with Gasteiger partial charge in [-0.1, -0.05) is 30.3 Å². The molecule has 6 nitrogen and oxygen atoms in total. The average molecular weight is 386 g/mol. The molecule has 2 aromatic carbocycles. The maximum atomic E-state index is 12.4. The second kappa shape index (κ2) is 8.56. The van der Waals surface area contributed by atoms with E-state index >= 15 is 0 Å². The van der Waals surface area contributed by atoms with Crippen LogP contribution in [0.15, 0.2) is 73.1 Å². The first-order valence-corrected chi connectivity index (χ1v) is 9.53. The van der Waals surface area contributed by atoms with Crippen molar-refractivity contribution in [1.29, 1.82) is 0 Å². The maximum absolute atomic E-state index is 12.4. The average Bonchev–Trinajstić information content (AvgIpc) is 3.11. The van der Waals surface area contributed by atoms with Crippen LogP contribution < -0.4 is 10.1 Å². The van der Waals surface area contributed by atoms with Crippen molar-refractivity contribution in [2.24, 2.45) is 0 Å². The van der Waals surface area contributed by atoms with E-state index in [1.807, 2.05) is 55.5 Å². The van der Waals surface area contributed by atoms with E-state index in [1.165, 1.54) is 0 Å². The third-order valence-electron chi connectivity index (χ3n) is 4.75. The molecule has 0 unspecified atom stereocenters. The van der Waals surface area contributed by atoms with Crippen molar-refractivity contribution in [3.05, 3.63) is 90.0 Å². The Morgan fingerprint density at radius 1 is 1.03 bits per heavy atom. The van der Waals surface area contributed by atoms with Crippen molar-refractivity contribution < 1.29 is 9.53 Å². The molecule has 1 amide bonds. The Kier molecular flexibility index (Phi) is 5.52. The van der Waals surface area contributed by atoms with Crippen molar-refractivity contribution in [2.75, 3.05) is 6.61 Å². The Hall–Kier alpha value is -3.67. The number of nitrogens with one attached hydrogen (secondary N) is 1. The molecule has 29 heavy (non-hydrogen) atoms. The van der Waals surface area contributed by atoms with Gasteiger partial charge in [0, 0.05) is 18.0 Å². The number of aromatic nitrogens is 3. The minimum Gasteiger partial charge on any atom is -0.491 e. The number of pyridine rings is 1. The van der Waals surface area contributed by atoms with Crippen LogP contribution in [0.1, 0.15) is 21.7 Å². The van der Waals surface area contributed by atoms with E-state index in [1.54, 1.807) is 24.5 Å². The van der Waals surface area contributed by atoms with Crippen molar-refractivity contribution in [3.63, 3.8) is 0 Å². The molecule has 2 aromatic heterocycles. The van der Waals surface area contributed by atoms with Crippen molar-refractivity contribution in [2.45, 2.75) is 20.0 Å². The molecular weight excluding hydrogens is 364 g/mol. The van der Waals surface area contributed by atoms with Crippen LogP contribution in [-0.4, -0.2) is 27.0 Å². The Morgan fingerprint density at radius 2 is 1.79 bits per heavy atom. The standard InChI is InChI=1S/C23H22N4O2/c1-17-6-2-5-9-21(17)29-15-14-27-20-8-4-3-7-19(20)26-22(27)16-25-23(28)18-10-12-24-13-11-18/h2-13H,14-16H2,1H3,(H,25,28). The number of carbonyl (C=O) groups excluding carboxylic acids is 1. The summed E-state index contributed by atoms with van der Waals surface area (Å²) in [6.45, 7) is 3.51. The number of benzene rings is 2. The Balaban J connectivity index is 1.50. The molecule has 0 spiro atoms. The largest absolute Gasteiger partial charge is 0.491 e. The molecule has 0 aliphatic rings. The Morgan fingerprint density at radius 3 is 2.62 bits per heavy atom. The highest BCUT2D eigenvalue weighted by molar-refractivity contribution is 5.93. The highest BCUT2D eigenvalue weighted by Gasteiger charge is 2.12. The second-order valence-electron chi connectivity index (χ2n) is 6.70. The third kappa shape index (κ3) is 4.27. The highest BCUT2D eigenvalue weighted by atomic mass is 16.5. The molecule has 4 rings (SSSR count). The molecule has 0 saturated heterocycles. The van der Waals surface area contributed by atoms with E-state index in [-0.39, 0.29) is 5.91 Å². The molecule has 0 fully saturated rings. The number of nitrogens with zero attached hydrogens (tertiary/aromatic N) is 3. The molecule has 2 heterocycles. The van der Waals surface area contributed by atoms with Crippen LogP contribution in [0, 0.1) is 6.92 Å². The summed E-state index contributed by atoms with van der Waals surface area (Å²) >= 11 is 0. The highest BCUT2D eigenvalue weighted by Crippen LogP contribution is 2.18. The number of hydrogen-bond donors (Lipinski definition) is 1.